The summed E-state index contributed by atoms with van der Waals surface area (Å²) in [5.74, 6) is 1.21. The Morgan fingerprint density at radius 3 is 0.767 bits per heavy atom. The van der Waals surface area contributed by atoms with Gasteiger partial charge in [-0.25, -0.2) is 0 Å². The van der Waals surface area contributed by atoms with Crippen LogP contribution in [0.4, 0.5) is 0 Å². The van der Waals surface area contributed by atoms with E-state index in [2.05, 4.69) is 55.4 Å². The first-order chi connectivity index (χ1) is 20.0. The molecule has 0 radical (unpaired) electrons. The number of unbranched alkanes of at least 4 members (excludes halogenated alkanes) is 4. The van der Waals surface area contributed by atoms with Gasteiger partial charge in [0.1, 0.15) is 0 Å². The zero-order valence-corrected chi connectivity index (χ0v) is 34.1. The molecule has 0 aromatic rings. The van der Waals surface area contributed by atoms with Crippen LogP contribution < -0.4 is 9.79 Å². The van der Waals surface area contributed by atoms with Crippen molar-refractivity contribution in [2.24, 2.45) is 23.7 Å². The largest absolute Gasteiger partial charge is 2.00 e. The van der Waals surface area contributed by atoms with E-state index in [1.54, 1.807) is 0 Å². The molecule has 8 nitrogen and oxygen atoms in total. The normalized spacial score (nSPS) is 17.0. The fourth-order valence-electron chi connectivity index (χ4n) is 4.45. The van der Waals surface area contributed by atoms with E-state index in [4.69, 9.17) is 18.1 Å². The molecule has 256 valence electrons. The number of phosphoric acid groups is 2. The van der Waals surface area contributed by atoms with Crippen LogP contribution in [0.15, 0.2) is 0 Å². The van der Waals surface area contributed by atoms with Gasteiger partial charge in [-0.1, -0.05) is 132 Å². The molecule has 0 fully saturated rings. The topological polar surface area (TPSA) is 117 Å². The molecule has 0 saturated carbocycles. The first kappa shape index (κ1) is 48.2. The molecule has 11 heteroatoms. The van der Waals surface area contributed by atoms with Gasteiger partial charge in [0, 0.05) is 0 Å². The summed E-state index contributed by atoms with van der Waals surface area (Å²) in [6.45, 7) is 17.8. The van der Waals surface area contributed by atoms with Crippen molar-refractivity contribution in [2.75, 3.05) is 26.4 Å². The summed E-state index contributed by atoms with van der Waals surface area (Å²) in [5, 5.41) is 0. The van der Waals surface area contributed by atoms with Crippen LogP contribution in [0.3, 0.4) is 0 Å². The van der Waals surface area contributed by atoms with E-state index in [1.165, 1.54) is 0 Å². The summed E-state index contributed by atoms with van der Waals surface area (Å²) in [5.41, 5.74) is 0. The van der Waals surface area contributed by atoms with Crippen molar-refractivity contribution in [2.45, 2.75) is 158 Å². The Morgan fingerprint density at radius 2 is 0.628 bits per heavy atom. The number of phosphoric ester groups is 2. The van der Waals surface area contributed by atoms with Crippen LogP contribution in [0.5, 0.6) is 0 Å². The van der Waals surface area contributed by atoms with E-state index in [0.29, 0.717) is 23.7 Å². The van der Waals surface area contributed by atoms with Gasteiger partial charge in [0.15, 0.2) is 0 Å². The minimum atomic E-state index is -4.14. The summed E-state index contributed by atoms with van der Waals surface area (Å²) in [6, 6.07) is 0. The molecule has 0 amide bonds. The molecular weight excluding hydrogens is 640 g/mol. The molecule has 0 aliphatic rings. The third kappa shape index (κ3) is 30.0. The van der Waals surface area contributed by atoms with Crippen molar-refractivity contribution >= 4 is 15.6 Å². The Bertz CT molecular complexity index is 582. The Balaban J connectivity index is -0.000000727. The van der Waals surface area contributed by atoms with E-state index in [1.807, 2.05) is 0 Å². The SMILES string of the molecule is CCCCC(CC)COP(=O)([O-])OCC(CC)CCCC.CCCCC(CC)COP(=O)([O-])OCC(CC)CCCC.[Zn+2]. The molecule has 0 rings (SSSR count). The summed E-state index contributed by atoms with van der Waals surface area (Å²) in [6.07, 6.45) is 16.8. The van der Waals surface area contributed by atoms with Gasteiger partial charge in [0.05, 0.1) is 26.4 Å². The van der Waals surface area contributed by atoms with E-state index in [9.17, 15) is 18.9 Å². The number of hydrogen-bond acceptors (Lipinski definition) is 8. The predicted molar refractivity (Wildman–Crippen MR) is 172 cm³/mol. The second kappa shape index (κ2) is 31.4. The third-order valence-electron chi connectivity index (χ3n) is 8.05. The predicted octanol–water partition coefficient (Wildman–Crippen LogP) is 9.84. The summed E-state index contributed by atoms with van der Waals surface area (Å²) < 4.78 is 43.8. The maximum absolute atomic E-state index is 11.8. The maximum atomic E-state index is 11.8. The fraction of sp³-hybridized carbons (Fsp3) is 1.00. The average Bonchev–Trinajstić information content (AvgIpc) is 2.98. The zero-order valence-electron chi connectivity index (χ0n) is 29.3. The molecule has 4 atom stereocenters. The minimum absolute atomic E-state index is 0. The second-order valence-corrected chi connectivity index (χ2v) is 14.6. The minimum Gasteiger partial charge on any atom is -0.756 e. The van der Waals surface area contributed by atoms with E-state index in [0.717, 1.165) is 103 Å². The molecule has 4 unspecified atom stereocenters. The molecule has 0 spiro atoms. The van der Waals surface area contributed by atoms with Crippen molar-refractivity contribution in [1.29, 1.82) is 0 Å². The molecule has 0 aliphatic heterocycles. The molecule has 0 bridgehead atoms. The Morgan fingerprint density at radius 1 is 0.442 bits per heavy atom. The molecule has 43 heavy (non-hydrogen) atoms. The third-order valence-corrected chi connectivity index (χ3v) is 9.91. The Hall–Kier alpha value is 0.843. The standard InChI is InChI=1S/2C16H35O4P.Zn/c2*1-5-9-11-15(7-3)13-19-21(17,18)20-14-16(8-4)12-10-6-2;/h2*15-16H,5-14H2,1-4H3,(H,17,18);/q;;+2/p-2. The molecule has 0 aliphatic carbocycles. The van der Waals surface area contributed by atoms with Crippen LogP contribution in [-0.2, 0) is 46.7 Å². The van der Waals surface area contributed by atoms with Crippen LogP contribution >= 0.6 is 15.6 Å². The average molecular weight is 708 g/mol. The molecular formula is C32H68O8P2Zn. The van der Waals surface area contributed by atoms with Crippen molar-refractivity contribution in [3.63, 3.8) is 0 Å². The van der Waals surface area contributed by atoms with Gasteiger partial charge >= 0.3 is 19.5 Å². The summed E-state index contributed by atoms with van der Waals surface area (Å²) >= 11 is 0. The fourth-order valence-corrected chi connectivity index (χ4v) is 6.18. The molecule has 0 aromatic heterocycles. The van der Waals surface area contributed by atoms with Crippen LogP contribution in [0.2, 0.25) is 0 Å². The van der Waals surface area contributed by atoms with Crippen molar-refractivity contribution < 1.29 is 56.5 Å². The van der Waals surface area contributed by atoms with Crippen LogP contribution in [0, 0.1) is 23.7 Å². The maximum Gasteiger partial charge on any atom is 2.00 e. The molecule has 0 aromatic carbocycles. The van der Waals surface area contributed by atoms with Gasteiger partial charge in [-0.3, -0.25) is 9.13 Å². The first-order valence-corrected chi connectivity index (χ1v) is 20.1. The van der Waals surface area contributed by atoms with Gasteiger partial charge in [-0.15, -0.1) is 0 Å². The summed E-state index contributed by atoms with van der Waals surface area (Å²) in [7, 11) is -8.28. The van der Waals surface area contributed by atoms with Gasteiger partial charge < -0.3 is 27.9 Å². The van der Waals surface area contributed by atoms with Crippen molar-refractivity contribution in [1.82, 2.24) is 0 Å². The van der Waals surface area contributed by atoms with Crippen molar-refractivity contribution in [3.8, 4) is 0 Å². The van der Waals surface area contributed by atoms with Gasteiger partial charge in [-0.2, -0.15) is 0 Å². The number of hydrogen-bond donors (Lipinski definition) is 0. The molecule has 0 N–H and O–H groups in total. The van der Waals surface area contributed by atoms with Gasteiger partial charge in [-0.05, 0) is 49.4 Å². The Labute approximate surface area is 279 Å². The molecule has 0 saturated heterocycles. The zero-order chi connectivity index (χ0) is 32.3. The molecule has 0 heterocycles. The van der Waals surface area contributed by atoms with Crippen molar-refractivity contribution in [3.05, 3.63) is 0 Å². The van der Waals surface area contributed by atoms with Gasteiger partial charge in [0.25, 0.3) is 15.6 Å². The quantitative estimate of drug-likeness (QED) is 0.0583. The first-order valence-electron chi connectivity index (χ1n) is 17.2. The monoisotopic (exact) mass is 706 g/mol. The van der Waals surface area contributed by atoms with Gasteiger partial charge in [0.2, 0.25) is 0 Å². The van der Waals surface area contributed by atoms with E-state index < -0.39 is 15.6 Å². The smallest absolute Gasteiger partial charge is 0.756 e. The number of rotatable bonds is 28. The van der Waals surface area contributed by atoms with Crippen LogP contribution in [0.25, 0.3) is 0 Å². The van der Waals surface area contributed by atoms with E-state index >= 15 is 0 Å². The van der Waals surface area contributed by atoms with E-state index in [-0.39, 0.29) is 45.9 Å². The Kier molecular flexibility index (Phi) is 35.3. The second-order valence-electron chi connectivity index (χ2n) is 11.7. The summed E-state index contributed by atoms with van der Waals surface area (Å²) in [4.78, 5) is 23.6. The van der Waals surface area contributed by atoms with Crippen LogP contribution in [-0.4, -0.2) is 26.4 Å². The van der Waals surface area contributed by atoms with Crippen LogP contribution in [0.1, 0.15) is 158 Å².